The number of aromatic nitrogens is 1. The number of nitrogens with zero attached hydrogens (tertiary/aromatic N) is 3. The third-order valence-electron chi connectivity index (χ3n) is 4.74. The van der Waals surface area contributed by atoms with Crippen molar-refractivity contribution in [2.75, 3.05) is 0 Å². The normalized spacial score (nSPS) is 25.4. The monoisotopic (exact) mass is 343 g/mol. The van der Waals surface area contributed by atoms with E-state index in [4.69, 9.17) is 11.5 Å². The van der Waals surface area contributed by atoms with Crippen LogP contribution in [-0.4, -0.2) is 44.9 Å². The minimum Gasteiger partial charge on any atom is -0.480 e. The fourth-order valence-electron chi connectivity index (χ4n) is 3.63. The number of aliphatic imine (C=N–C) groups is 1. The van der Waals surface area contributed by atoms with E-state index in [0.717, 1.165) is 5.56 Å². The van der Waals surface area contributed by atoms with Gasteiger partial charge in [0.2, 0.25) is 0 Å². The van der Waals surface area contributed by atoms with Gasteiger partial charge in [-0.15, -0.1) is 0 Å². The quantitative estimate of drug-likeness (QED) is 0.312. The lowest BCUT2D eigenvalue weighted by Crippen LogP contribution is -2.57. The van der Waals surface area contributed by atoms with Crippen LogP contribution in [0.25, 0.3) is 6.08 Å². The molecule has 2 fully saturated rings. The number of aliphatic carboxylic acids is 1. The van der Waals surface area contributed by atoms with Crippen LogP contribution in [0.1, 0.15) is 31.5 Å². The van der Waals surface area contributed by atoms with Crippen molar-refractivity contribution in [1.82, 2.24) is 9.88 Å². The molecule has 0 spiro atoms. The summed E-state index contributed by atoms with van der Waals surface area (Å²) in [5.74, 6) is -1.19. The number of pyridine rings is 1. The predicted molar refractivity (Wildman–Crippen MR) is 92.2 cm³/mol. The Morgan fingerprint density at radius 3 is 2.88 bits per heavy atom. The molecular weight excluding hydrogens is 322 g/mol. The molecule has 8 heteroatoms. The van der Waals surface area contributed by atoms with Crippen molar-refractivity contribution in [1.29, 1.82) is 0 Å². The molecule has 2 aliphatic rings. The van der Waals surface area contributed by atoms with Gasteiger partial charge in [0.1, 0.15) is 6.04 Å². The lowest BCUT2D eigenvalue weighted by Gasteiger charge is -2.40. The number of β-lactam (4-membered cyclic amide) rings is 1. The number of hydrogen-bond donors (Lipinski definition) is 3. The Bertz CT molecular complexity index is 795. The number of nitrogens with two attached hydrogens (primary N) is 2. The maximum atomic E-state index is 12.5. The van der Waals surface area contributed by atoms with E-state index in [1.165, 1.54) is 4.90 Å². The summed E-state index contributed by atoms with van der Waals surface area (Å²) in [6.45, 7) is 4.09. The zero-order chi connectivity index (χ0) is 18.4. The minimum absolute atomic E-state index is 0.00873. The Labute approximate surface area is 145 Å². The first-order valence-electron chi connectivity index (χ1n) is 7.98. The summed E-state index contributed by atoms with van der Waals surface area (Å²) < 4.78 is 0. The number of carbonyl (C=O) groups excluding carboxylic acids is 1. The van der Waals surface area contributed by atoms with Crippen LogP contribution in [0.3, 0.4) is 0 Å². The Hall–Kier alpha value is -2.90. The molecule has 3 heterocycles. The van der Waals surface area contributed by atoms with Gasteiger partial charge < -0.3 is 21.5 Å². The van der Waals surface area contributed by atoms with Crippen LogP contribution in [0.15, 0.2) is 28.9 Å². The Balaban J connectivity index is 1.85. The number of rotatable bonds is 4. The van der Waals surface area contributed by atoms with Crippen LogP contribution < -0.4 is 11.5 Å². The molecular formula is C17H21N5O3. The fourth-order valence-corrected chi connectivity index (χ4v) is 3.63. The summed E-state index contributed by atoms with van der Waals surface area (Å²) in [7, 11) is 0. The average molecular weight is 343 g/mol. The number of hydrogen-bond acceptors (Lipinski definition) is 4. The van der Waals surface area contributed by atoms with Crippen molar-refractivity contribution in [3.63, 3.8) is 0 Å². The van der Waals surface area contributed by atoms with Gasteiger partial charge in [0.05, 0.1) is 18.3 Å². The highest BCUT2D eigenvalue weighted by molar-refractivity contribution is 6.08. The van der Waals surface area contributed by atoms with Crippen LogP contribution >= 0.6 is 0 Å². The van der Waals surface area contributed by atoms with Crippen LogP contribution in [0.2, 0.25) is 0 Å². The Kier molecular flexibility index (Phi) is 3.98. The molecule has 5 N–H and O–H groups in total. The largest absolute Gasteiger partial charge is 0.480 e. The minimum atomic E-state index is -0.961. The Morgan fingerprint density at radius 1 is 1.52 bits per heavy atom. The van der Waals surface area contributed by atoms with Crippen molar-refractivity contribution in [2.45, 2.75) is 38.9 Å². The Morgan fingerprint density at radius 2 is 2.24 bits per heavy atom. The second-order valence-corrected chi connectivity index (χ2v) is 7.09. The molecule has 1 aromatic rings. The molecule has 1 amide bonds. The predicted octanol–water partition coefficient (Wildman–Crippen LogP) is 0.332. The highest BCUT2D eigenvalue weighted by atomic mass is 16.4. The van der Waals surface area contributed by atoms with Gasteiger partial charge in [0, 0.05) is 11.8 Å². The van der Waals surface area contributed by atoms with Crippen LogP contribution in [-0.2, 0) is 16.1 Å². The van der Waals surface area contributed by atoms with Crippen molar-refractivity contribution >= 4 is 23.9 Å². The maximum Gasteiger partial charge on any atom is 0.327 e. The van der Waals surface area contributed by atoms with E-state index >= 15 is 0 Å². The summed E-state index contributed by atoms with van der Waals surface area (Å²) >= 11 is 0. The molecule has 2 aliphatic heterocycles. The van der Waals surface area contributed by atoms with Gasteiger partial charge in [0.15, 0.2) is 5.96 Å². The van der Waals surface area contributed by atoms with Gasteiger partial charge in [-0.25, -0.2) is 9.79 Å². The molecule has 0 aromatic carbocycles. The topological polar surface area (TPSA) is 135 Å². The van der Waals surface area contributed by atoms with Gasteiger partial charge in [-0.2, -0.15) is 0 Å². The molecule has 2 atom stereocenters. The SMILES string of the molecule is CC1(C)CC2/C(=C\c3cc(CN=C(N)N)ccn3)C(=O)N2[C@H]1C(=O)O. The van der Waals surface area contributed by atoms with Crippen molar-refractivity contribution < 1.29 is 14.7 Å². The van der Waals surface area contributed by atoms with E-state index in [2.05, 4.69) is 9.98 Å². The van der Waals surface area contributed by atoms with E-state index in [-0.39, 0.29) is 17.9 Å². The molecule has 8 nitrogen and oxygen atoms in total. The lowest BCUT2D eigenvalue weighted by molar-refractivity contribution is -0.154. The van der Waals surface area contributed by atoms with Crippen molar-refractivity contribution in [2.24, 2.45) is 21.9 Å². The summed E-state index contributed by atoms with van der Waals surface area (Å²) in [6.07, 6.45) is 3.97. The molecule has 25 heavy (non-hydrogen) atoms. The lowest BCUT2D eigenvalue weighted by atomic mass is 9.83. The third kappa shape index (κ3) is 2.95. The van der Waals surface area contributed by atoms with E-state index in [1.807, 2.05) is 19.9 Å². The first-order valence-corrected chi connectivity index (χ1v) is 7.98. The third-order valence-corrected chi connectivity index (χ3v) is 4.74. The van der Waals surface area contributed by atoms with Crippen molar-refractivity contribution in [3.05, 3.63) is 35.2 Å². The first-order chi connectivity index (χ1) is 11.7. The van der Waals surface area contributed by atoms with E-state index in [9.17, 15) is 14.7 Å². The molecule has 0 aliphatic carbocycles. The smallest absolute Gasteiger partial charge is 0.327 e. The standard InChI is InChI=1S/C17H21N5O3/c1-17(2)7-12-11(14(23)22(12)13(17)15(24)25)6-10-5-9(3-4-20-10)8-21-16(18)19/h3-6,12-13H,7-8H2,1-2H3,(H,24,25)(H4,18,19,21)/b11-6+/t12?,13-/m0/s1. The van der Waals surface area contributed by atoms with Gasteiger partial charge >= 0.3 is 5.97 Å². The molecule has 1 unspecified atom stereocenters. The molecule has 3 rings (SSSR count). The van der Waals surface area contributed by atoms with Gasteiger partial charge in [0.25, 0.3) is 5.91 Å². The first kappa shape index (κ1) is 16.9. The van der Waals surface area contributed by atoms with Crippen LogP contribution in [0.5, 0.6) is 0 Å². The summed E-state index contributed by atoms with van der Waals surface area (Å²) in [6, 6.07) is 2.64. The summed E-state index contributed by atoms with van der Waals surface area (Å²) in [5, 5.41) is 9.45. The molecule has 0 bridgehead atoms. The summed E-state index contributed by atoms with van der Waals surface area (Å²) in [5.41, 5.74) is 12.3. The second kappa shape index (κ2) is 5.87. The number of guanidine groups is 1. The number of amides is 1. The highest BCUT2D eigenvalue weighted by Gasteiger charge is 2.60. The second-order valence-electron chi connectivity index (χ2n) is 7.09. The van der Waals surface area contributed by atoms with Gasteiger partial charge in [-0.05, 0) is 35.6 Å². The zero-order valence-electron chi connectivity index (χ0n) is 14.1. The molecule has 1 aromatic heterocycles. The number of carboxylic acids is 1. The van der Waals surface area contributed by atoms with Crippen molar-refractivity contribution in [3.8, 4) is 0 Å². The molecule has 2 saturated heterocycles. The van der Waals surface area contributed by atoms with Crippen LogP contribution in [0.4, 0.5) is 0 Å². The van der Waals surface area contributed by atoms with E-state index in [1.54, 1.807) is 18.3 Å². The molecule has 0 saturated carbocycles. The summed E-state index contributed by atoms with van der Waals surface area (Å²) in [4.78, 5) is 33.7. The van der Waals surface area contributed by atoms with E-state index in [0.29, 0.717) is 24.2 Å². The van der Waals surface area contributed by atoms with Gasteiger partial charge in [-0.3, -0.25) is 9.78 Å². The number of carbonyl (C=O) groups is 2. The molecule has 0 radical (unpaired) electrons. The molecule has 132 valence electrons. The van der Waals surface area contributed by atoms with Gasteiger partial charge in [-0.1, -0.05) is 13.8 Å². The number of fused-ring (bicyclic) bond motifs is 1. The van der Waals surface area contributed by atoms with Crippen LogP contribution in [0, 0.1) is 5.41 Å². The van der Waals surface area contributed by atoms with E-state index < -0.39 is 17.4 Å². The fraction of sp³-hybridized carbons (Fsp3) is 0.412. The maximum absolute atomic E-state index is 12.5. The highest BCUT2D eigenvalue weighted by Crippen LogP contribution is 2.49. The number of carboxylic acid groups (broad SMARTS) is 1. The average Bonchev–Trinajstić information content (AvgIpc) is 2.79. The zero-order valence-corrected chi connectivity index (χ0v) is 14.1.